The van der Waals surface area contributed by atoms with E-state index >= 15 is 0 Å². The van der Waals surface area contributed by atoms with Crippen LogP contribution in [0.15, 0.2) is 53.8 Å². The fourth-order valence-electron chi connectivity index (χ4n) is 3.25. The number of likely N-dealkylation sites (tertiary alicyclic amines) is 1. The fraction of sp³-hybridized carbons (Fsp3) is 0.333. The number of hydrogen-bond donors (Lipinski definition) is 0. The second-order valence-corrected chi connectivity index (χ2v) is 6.11. The van der Waals surface area contributed by atoms with Crippen molar-refractivity contribution in [2.75, 3.05) is 13.1 Å². The van der Waals surface area contributed by atoms with Crippen LogP contribution in [0.25, 0.3) is 0 Å². The number of aromatic nitrogens is 1. The quantitative estimate of drug-likeness (QED) is 0.873. The summed E-state index contributed by atoms with van der Waals surface area (Å²) in [6, 6.07) is 14.6. The predicted octanol–water partition coefficient (Wildman–Crippen LogP) is 2.62. The highest BCUT2D eigenvalue weighted by Crippen LogP contribution is 2.30. The molecule has 0 unspecified atom stereocenters. The summed E-state index contributed by atoms with van der Waals surface area (Å²) < 4.78 is 0. The van der Waals surface area contributed by atoms with Crippen molar-refractivity contribution in [2.45, 2.75) is 19.6 Å². The first kappa shape index (κ1) is 13.5. The lowest BCUT2D eigenvalue weighted by atomic mass is 9.94. The van der Waals surface area contributed by atoms with E-state index in [-0.39, 0.29) is 6.10 Å². The SMILES string of the molecule is Cc1ccc(C2=NO[C@H]3CN(Cc4ccccn4)C[C@H]23)cc1. The standard InChI is InChI=1S/C18H19N3O/c1-13-5-7-14(8-6-13)18-16-11-21(12-17(16)22-20-18)10-15-4-2-3-9-19-15/h2-9,16-17H,10-12H2,1H3/t16-,17-/m0/s1. The minimum Gasteiger partial charge on any atom is -0.390 e. The summed E-state index contributed by atoms with van der Waals surface area (Å²) >= 11 is 0. The Morgan fingerprint density at radius 2 is 2.00 bits per heavy atom. The molecule has 0 saturated carbocycles. The van der Waals surface area contributed by atoms with Gasteiger partial charge in [0.05, 0.1) is 17.3 Å². The van der Waals surface area contributed by atoms with Gasteiger partial charge in [-0.3, -0.25) is 9.88 Å². The molecule has 4 heteroatoms. The number of benzene rings is 1. The van der Waals surface area contributed by atoms with Crippen LogP contribution in [0.1, 0.15) is 16.8 Å². The van der Waals surface area contributed by atoms with Crippen molar-refractivity contribution in [1.82, 2.24) is 9.88 Å². The molecule has 2 atom stereocenters. The molecule has 0 amide bonds. The number of rotatable bonds is 3. The molecule has 0 spiro atoms. The Kier molecular flexibility index (Phi) is 3.39. The van der Waals surface area contributed by atoms with Crippen LogP contribution in [-0.2, 0) is 11.4 Å². The van der Waals surface area contributed by atoms with Crippen molar-refractivity contribution in [3.05, 3.63) is 65.5 Å². The van der Waals surface area contributed by atoms with Crippen molar-refractivity contribution in [1.29, 1.82) is 0 Å². The van der Waals surface area contributed by atoms with Crippen LogP contribution in [-0.4, -0.2) is 34.8 Å². The highest BCUT2D eigenvalue weighted by atomic mass is 16.6. The molecule has 4 nitrogen and oxygen atoms in total. The van der Waals surface area contributed by atoms with Crippen molar-refractivity contribution in [3.8, 4) is 0 Å². The predicted molar refractivity (Wildman–Crippen MR) is 85.6 cm³/mol. The lowest BCUT2D eigenvalue weighted by Crippen LogP contribution is -2.23. The van der Waals surface area contributed by atoms with E-state index < -0.39 is 0 Å². The summed E-state index contributed by atoms with van der Waals surface area (Å²) in [6.45, 7) is 4.87. The molecule has 1 saturated heterocycles. The third kappa shape index (κ3) is 2.50. The largest absolute Gasteiger partial charge is 0.390 e. The molecule has 3 heterocycles. The maximum atomic E-state index is 5.67. The van der Waals surface area contributed by atoms with Gasteiger partial charge in [0.1, 0.15) is 6.10 Å². The Balaban J connectivity index is 1.48. The van der Waals surface area contributed by atoms with E-state index in [0.717, 1.165) is 31.0 Å². The van der Waals surface area contributed by atoms with Gasteiger partial charge < -0.3 is 4.84 Å². The molecule has 2 aromatic rings. The van der Waals surface area contributed by atoms with Gasteiger partial charge in [0.2, 0.25) is 0 Å². The monoisotopic (exact) mass is 293 g/mol. The van der Waals surface area contributed by atoms with Gasteiger partial charge in [-0.25, -0.2) is 0 Å². The topological polar surface area (TPSA) is 37.7 Å². The average molecular weight is 293 g/mol. The lowest BCUT2D eigenvalue weighted by Gasteiger charge is -2.15. The Hall–Kier alpha value is -2.20. The molecular weight excluding hydrogens is 274 g/mol. The zero-order valence-electron chi connectivity index (χ0n) is 12.6. The van der Waals surface area contributed by atoms with Crippen LogP contribution in [0.2, 0.25) is 0 Å². The van der Waals surface area contributed by atoms with Crippen LogP contribution in [0.5, 0.6) is 0 Å². The molecule has 4 rings (SSSR count). The summed E-state index contributed by atoms with van der Waals surface area (Å²) in [5.41, 5.74) is 4.64. The molecule has 2 aliphatic rings. The number of pyridine rings is 1. The zero-order valence-corrected chi connectivity index (χ0v) is 12.6. The Bertz CT molecular complexity index is 681. The van der Waals surface area contributed by atoms with E-state index in [2.05, 4.69) is 52.3 Å². The molecule has 1 aromatic heterocycles. The third-order valence-corrected chi connectivity index (χ3v) is 4.44. The number of hydrogen-bond acceptors (Lipinski definition) is 4. The van der Waals surface area contributed by atoms with Gasteiger partial charge >= 0.3 is 0 Å². The minimum absolute atomic E-state index is 0.181. The van der Waals surface area contributed by atoms with E-state index in [1.54, 1.807) is 0 Å². The summed E-state index contributed by atoms with van der Waals surface area (Å²) in [5, 5.41) is 4.34. The smallest absolute Gasteiger partial charge is 0.149 e. The van der Waals surface area contributed by atoms with Gasteiger partial charge in [-0.05, 0) is 24.6 Å². The first-order valence-corrected chi connectivity index (χ1v) is 7.72. The molecule has 0 radical (unpaired) electrons. The van der Waals surface area contributed by atoms with Gasteiger partial charge in [-0.2, -0.15) is 0 Å². The molecule has 0 aliphatic carbocycles. The van der Waals surface area contributed by atoms with Gasteiger partial charge in [0, 0.05) is 25.8 Å². The molecule has 22 heavy (non-hydrogen) atoms. The van der Waals surface area contributed by atoms with E-state index in [0.29, 0.717) is 5.92 Å². The Labute approximate surface area is 130 Å². The molecule has 1 fully saturated rings. The number of oxime groups is 1. The lowest BCUT2D eigenvalue weighted by molar-refractivity contribution is 0.0744. The minimum atomic E-state index is 0.181. The first-order valence-electron chi connectivity index (χ1n) is 7.72. The molecule has 1 aromatic carbocycles. The second kappa shape index (κ2) is 5.54. The van der Waals surface area contributed by atoms with Gasteiger partial charge in [0.15, 0.2) is 0 Å². The van der Waals surface area contributed by atoms with E-state index in [9.17, 15) is 0 Å². The van der Waals surface area contributed by atoms with Crippen LogP contribution < -0.4 is 0 Å². The van der Waals surface area contributed by atoms with Gasteiger partial charge in [-0.15, -0.1) is 0 Å². The normalized spacial score (nSPS) is 24.0. The summed E-state index contributed by atoms with van der Waals surface area (Å²) in [6.07, 6.45) is 2.03. The molecule has 112 valence electrons. The van der Waals surface area contributed by atoms with E-state index in [1.807, 2.05) is 18.3 Å². The van der Waals surface area contributed by atoms with Crippen molar-refractivity contribution in [3.63, 3.8) is 0 Å². The van der Waals surface area contributed by atoms with Gasteiger partial charge in [0.25, 0.3) is 0 Å². The highest BCUT2D eigenvalue weighted by molar-refractivity contribution is 6.03. The summed E-state index contributed by atoms with van der Waals surface area (Å²) in [7, 11) is 0. The molecule has 0 bridgehead atoms. The Morgan fingerprint density at radius 1 is 1.14 bits per heavy atom. The van der Waals surface area contributed by atoms with Crippen LogP contribution in [0, 0.1) is 12.8 Å². The molecular formula is C18H19N3O. The Morgan fingerprint density at radius 3 is 2.77 bits per heavy atom. The fourth-order valence-corrected chi connectivity index (χ4v) is 3.25. The highest BCUT2D eigenvalue weighted by Gasteiger charge is 2.42. The third-order valence-electron chi connectivity index (χ3n) is 4.44. The maximum Gasteiger partial charge on any atom is 0.149 e. The van der Waals surface area contributed by atoms with E-state index in [4.69, 9.17) is 4.84 Å². The maximum absolute atomic E-state index is 5.67. The van der Waals surface area contributed by atoms with Crippen molar-refractivity contribution in [2.24, 2.45) is 11.1 Å². The number of nitrogens with zero attached hydrogens (tertiary/aromatic N) is 3. The summed E-state index contributed by atoms with van der Waals surface area (Å²) in [4.78, 5) is 12.5. The van der Waals surface area contributed by atoms with Crippen LogP contribution >= 0.6 is 0 Å². The van der Waals surface area contributed by atoms with Crippen LogP contribution in [0.4, 0.5) is 0 Å². The molecule has 2 aliphatic heterocycles. The summed E-state index contributed by atoms with van der Waals surface area (Å²) in [5.74, 6) is 0.367. The van der Waals surface area contributed by atoms with Crippen molar-refractivity contribution < 1.29 is 4.84 Å². The number of fused-ring (bicyclic) bond motifs is 1. The second-order valence-electron chi connectivity index (χ2n) is 6.11. The average Bonchev–Trinajstić information content (AvgIpc) is 3.09. The van der Waals surface area contributed by atoms with Crippen LogP contribution in [0.3, 0.4) is 0 Å². The number of aryl methyl sites for hydroxylation is 1. The van der Waals surface area contributed by atoms with E-state index in [1.165, 1.54) is 11.1 Å². The van der Waals surface area contributed by atoms with Gasteiger partial charge in [-0.1, -0.05) is 41.1 Å². The first-order chi connectivity index (χ1) is 10.8. The molecule has 0 N–H and O–H groups in total. The van der Waals surface area contributed by atoms with Crippen molar-refractivity contribution >= 4 is 5.71 Å². The zero-order chi connectivity index (χ0) is 14.9.